The molecular weight excluding hydrogens is 364 g/mol. The van der Waals surface area contributed by atoms with Crippen molar-refractivity contribution in [1.82, 2.24) is 0 Å². The van der Waals surface area contributed by atoms with Crippen molar-refractivity contribution in [2.75, 3.05) is 0 Å². The molecule has 0 aromatic heterocycles. The minimum Gasteiger partial charge on any atom is -0.295 e. The molecule has 2 radical (unpaired) electrons. The summed E-state index contributed by atoms with van der Waals surface area (Å²) in [5.74, 6) is 0. The number of carbonyl (C=O) groups excluding carboxylic acids is 2. The predicted molar refractivity (Wildman–Crippen MR) is 81.2 cm³/mol. The average Bonchev–Trinajstić information content (AvgIpc) is 2.33. The molecule has 108 valence electrons. The van der Waals surface area contributed by atoms with Gasteiger partial charge in [0.15, 0.2) is 0 Å². The number of benzene rings is 1. The van der Waals surface area contributed by atoms with E-state index in [0.717, 1.165) is 18.7 Å². The quantitative estimate of drug-likeness (QED) is 0.672. The van der Waals surface area contributed by atoms with Crippen molar-refractivity contribution in [1.29, 1.82) is 0 Å². The van der Waals surface area contributed by atoms with E-state index in [2.05, 4.69) is 25.1 Å². The van der Waals surface area contributed by atoms with Crippen LogP contribution in [0.4, 0.5) is 0 Å². The van der Waals surface area contributed by atoms with Crippen LogP contribution in [0.5, 0.6) is 0 Å². The van der Waals surface area contributed by atoms with Crippen molar-refractivity contribution in [3.05, 3.63) is 34.9 Å². The monoisotopic (exact) mass is 384 g/mol. The van der Waals surface area contributed by atoms with Crippen LogP contribution >= 0.6 is 17.2 Å². The van der Waals surface area contributed by atoms with Gasteiger partial charge in [-0.05, 0) is 66.4 Å². The molecule has 2 unspecified atom stereocenters. The van der Waals surface area contributed by atoms with Crippen LogP contribution in [0, 0.1) is 0 Å². The van der Waals surface area contributed by atoms with Gasteiger partial charge in [-0.2, -0.15) is 0 Å². The van der Waals surface area contributed by atoms with Crippen LogP contribution in [-0.2, 0) is 65.4 Å². The van der Waals surface area contributed by atoms with Crippen molar-refractivity contribution in [2.45, 2.75) is 39.5 Å². The Morgan fingerprint density at radius 2 is 1.20 bits per heavy atom. The van der Waals surface area contributed by atoms with Crippen LogP contribution in [0.15, 0.2) is 18.2 Å². The molecule has 1 aromatic carbocycles. The third-order valence-electron chi connectivity index (χ3n) is 2.60. The van der Waals surface area contributed by atoms with E-state index in [1.807, 2.05) is 0 Å². The van der Waals surface area contributed by atoms with Crippen molar-refractivity contribution in [3.8, 4) is 0 Å². The van der Waals surface area contributed by atoms with Crippen LogP contribution in [0.3, 0.4) is 0 Å². The Bertz CT molecular complexity index is 415. The van der Waals surface area contributed by atoms with Gasteiger partial charge in [-0.3, -0.25) is 9.59 Å². The minimum absolute atomic E-state index is 0. The molecule has 0 aliphatic heterocycles. The average molecular weight is 384 g/mol. The van der Waals surface area contributed by atoms with E-state index in [-0.39, 0.29) is 48.2 Å². The second-order valence-electron chi connectivity index (χ2n) is 4.33. The van der Waals surface area contributed by atoms with Crippen molar-refractivity contribution in [3.63, 3.8) is 0 Å². The standard InChI is InChI=1S/C14H20O2P2.2V/c1-4-12-5-13(8-17-10(2)15)7-14(6-12)9-18-11(3)16;;/h5-7,17-18H,4,8-9H2,1-3H3;;. The number of aryl methyl sites for hydroxylation is 1. The summed E-state index contributed by atoms with van der Waals surface area (Å²) >= 11 is 0. The van der Waals surface area contributed by atoms with Gasteiger partial charge in [0.1, 0.15) is 11.0 Å². The van der Waals surface area contributed by atoms with Gasteiger partial charge >= 0.3 is 0 Å². The first-order valence-corrected chi connectivity index (χ1v) is 8.53. The molecule has 1 aromatic rings. The summed E-state index contributed by atoms with van der Waals surface area (Å²) in [7, 11) is 0.708. The first-order valence-electron chi connectivity index (χ1n) is 6.12. The van der Waals surface area contributed by atoms with Gasteiger partial charge in [-0.15, -0.1) is 0 Å². The molecule has 0 heterocycles. The number of hydrogen-bond donors (Lipinski definition) is 0. The molecule has 0 saturated heterocycles. The summed E-state index contributed by atoms with van der Waals surface area (Å²) in [4.78, 5) is 22.1. The third-order valence-corrected chi connectivity index (χ3v) is 4.77. The molecule has 0 spiro atoms. The number of rotatable bonds is 7. The molecule has 2 atom stereocenters. The zero-order valence-corrected chi connectivity index (χ0v) is 16.9. The van der Waals surface area contributed by atoms with Gasteiger partial charge in [0.05, 0.1) is 0 Å². The van der Waals surface area contributed by atoms with E-state index in [1.54, 1.807) is 13.8 Å². The molecule has 6 heteroatoms. The maximum absolute atomic E-state index is 11.0. The summed E-state index contributed by atoms with van der Waals surface area (Å²) in [6.07, 6.45) is 2.66. The normalized spacial score (nSPS) is 10.6. The predicted octanol–water partition coefficient (Wildman–Crippen LogP) is 3.69. The Morgan fingerprint density at radius 1 is 0.850 bits per heavy atom. The number of hydrogen-bond acceptors (Lipinski definition) is 2. The van der Waals surface area contributed by atoms with Crippen LogP contribution in [-0.4, -0.2) is 11.0 Å². The van der Waals surface area contributed by atoms with Gasteiger partial charge in [0.2, 0.25) is 0 Å². The van der Waals surface area contributed by atoms with Crippen molar-refractivity contribution in [2.24, 2.45) is 0 Å². The van der Waals surface area contributed by atoms with Crippen molar-refractivity contribution >= 4 is 28.2 Å². The fraction of sp³-hybridized carbons (Fsp3) is 0.429. The Labute approximate surface area is 149 Å². The largest absolute Gasteiger partial charge is 0.295 e. The second-order valence-corrected chi connectivity index (χ2v) is 7.15. The van der Waals surface area contributed by atoms with Crippen LogP contribution < -0.4 is 0 Å². The van der Waals surface area contributed by atoms with Gasteiger partial charge in [0.25, 0.3) is 0 Å². The molecule has 0 aliphatic rings. The van der Waals surface area contributed by atoms with E-state index in [0.29, 0.717) is 17.2 Å². The molecular formula is C14H20O2P2V2. The minimum atomic E-state index is 0. The second kappa shape index (κ2) is 12.2. The molecule has 20 heavy (non-hydrogen) atoms. The maximum atomic E-state index is 11.0. The fourth-order valence-electron chi connectivity index (χ4n) is 1.70. The van der Waals surface area contributed by atoms with Crippen LogP contribution in [0.2, 0.25) is 0 Å². The molecule has 0 bridgehead atoms. The molecule has 0 amide bonds. The summed E-state index contributed by atoms with van der Waals surface area (Å²) in [6, 6.07) is 6.50. The summed E-state index contributed by atoms with van der Waals surface area (Å²) in [6.45, 7) is 5.41. The van der Waals surface area contributed by atoms with E-state index in [9.17, 15) is 9.59 Å². The van der Waals surface area contributed by atoms with E-state index in [1.165, 1.54) is 16.7 Å². The summed E-state index contributed by atoms with van der Waals surface area (Å²) in [5.41, 5.74) is 4.26. The molecule has 0 N–H and O–H groups in total. The van der Waals surface area contributed by atoms with E-state index in [4.69, 9.17) is 0 Å². The zero-order valence-electron chi connectivity index (χ0n) is 12.1. The zero-order chi connectivity index (χ0) is 13.5. The number of carbonyl (C=O) groups is 2. The smallest absolute Gasteiger partial charge is 0.148 e. The van der Waals surface area contributed by atoms with Gasteiger partial charge in [0, 0.05) is 37.1 Å². The van der Waals surface area contributed by atoms with E-state index < -0.39 is 0 Å². The topological polar surface area (TPSA) is 34.1 Å². The van der Waals surface area contributed by atoms with Gasteiger partial charge < -0.3 is 0 Å². The molecule has 0 saturated carbocycles. The van der Waals surface area contributed by atoms with Gasteiger partial charge in [-0.1, -0.05) is 25.1 Å². The first kappa shape index (κ1) is 22.9. The van der Waals surface area contributed by atoms with E-state index >= 15 is 0 Å². The van der Waals surface area contributed by atoms with Crippen molar-refractivity contribution < 1.29 is 46.7 Å². The third kappa shape index (κ3) is 9.51. The Hall–Kier alpha value is 0.589. The summed E-state index contributed by atoms with van der Waals surface area (Å²) in [5, 5.41) is 0. The van der Waals surface area contributed by atoms with Crippen LogP contribution in [0.25, 0.3) is 0 Å². The Balaban J connectivity index is 0. The molecule has 0 fully saturated rings. The summed E-state index contributed by atoms with van der Waals surface area (Å²) < 4.78 is 0. The molecule has 0 aliphatic carbocycles. The fourth-order valence-corrected chi connectivity index (χ4v) is 3.02. The van der Waals surface area contributed by atoms with Crippen LogP contribution in [0.1, 0.15) is 37.5 Å². The Morgan fingerprint density at radius 3 is 1.50 bits per heavy atom. The maximum Gasteiger partial charge on any atom is 0.148 e. The molecule has 2 nitrogen and oxygen atoms in total. The molecule has 1 rings (SSSR count). The Kier molecular flexibility index (Phi) is 13.9. The SMILES string of the molecule is CCc1cc(CPC(C)=O)cc(CPC(C)=O)c1.[V].[V]. The first-order chi connectivity index (χ1) is 8.51. The van der Waals surface area contributed by atoms with Gasteiger partial charge in [-0.25, -0.2) is 0 Å².